The molecule has 0 amide bonds. The predicted octanol–water partition coefficient (Wildman–Crippen LogP) is 4.61. The first kappa shape index (κ1) is 22.2. The molecule has 168 valence electrons. The van der Waals surface area contributed by atoms with Crippen LogP contribution in [0.2, 0.25) is 0 Å². The second kappa shape index (κ2) is 10.1. The SMILES string of the molecule is CCOc1ccc(-c2ccco2)c(Sc2nc3c(N)ncnc3n2CCCNC(C)C)c1. The largest absolute Gasteiger partial charge is 0.494 e. The average Bonchev–Trinajstić information content (AvgIpc) is 3.41. The zero-order valence-corrected chi connectivity index (χ0v) is 19.4. The first-order valence-corrected chi connectivity index (χ1v) is 11.6. The molecule has 3 N–H and O–H groups in total. The van der Waals surface area contributed by atoms with E-state index in [0.717, 1.165) is 52.3 Å². The summed E-state index contributed by atoms with van der Waals surface area (Å²) in [4.78, 5) is 14.4. The van der Waals surface area contributed by atoms with Crippen LogP contribution in [0.5, 0.6) is 5.75 Å². The highest BCUT2D eigenvalue weighted by molar-refractivity contribution is 7.99. The highest BCUT2D eigenvalue weighted by Gasteiger charge is 2.19. The molecule has 1 aromatic carbocycles. The summed E-state index contributed by atoms with van der Waals surface area (Å²) >= 11 is 1.55. The number of rotatable bonds is 10. The summed E-state index contributed by atoms with van der Waals surface area (Å²) in [5, 5.41) is 4.26. The lowest BCUT2D eigenvalue weighted by Gasteiger charge is -2.13. The third kappa shape index (κ3) is 4.89. The van der Waals surface area contributed by atoms with Crippen molar-refractivity contribution in [3.05, 3.63) is 42.9 Å². The van der Waals surface area contributed by atoms with E-state index in [0.29, 0.717) is 24.0 Å². The molecule has 32 heavy (non-hydrogen) atoms. The van der Waals surface area contributed by atoms with Crippen LogP contribution in [0.15, 0.2) is 57.4 Å². The van der Waals surface area contributed by atoms with Gasteiger partial charge in [0.1, 0.15) is 17.8 Å². The molecule has 8 nitrogen and oxygen atoms in total. The van der Waals surface area contributed by atoms with E-state index in [1.165, 1.54) is 6.33 Å². The molecule has 4 rings (SSSR count). The summed E-state index contributed by atoms with van der Waals surface area (Å²) in [5.41, 5.74) is 8.45. The maximum absolute atomic E-state index is 6.11. The van der Waals surface area contributed by atoms with Crippen LogP contribution in [0.25, 0.3) is 22.5 Å². The van der Waals surface area contributed by atoms with Gasteiger partial charge in [-0.3, -0.25) is 0 Å². The number of imidazole rings is 1. The number of aryl methyl sites for hydroxylation is 1. The van der Waals surface area contributed by atoms with Crippen molar-refractivity contribution in [1.82, 2.24) is 24.8 Å². The Morgan fingerprint density at radius 3 is 2.88 bits per heavy atom. The molecule has 0 aliphatic carbocycles. The summed E-state index contributed by atoms with van der Waals surface area (Å²) in [6.45, 7) is 8.51. The number of anilines is 1. The molecule has 0 fully saturated rings. The van der Waals surface area contributed by atoms with Gasteiger partial charge in [-0.15, -0.1) is 0 Å². The number of ether oxygens (including phenoxy) is 1. The number of nitrogen functional groups attached to an aromatic ring is 1. The first-order valence-electron chi connectivity index (χ1n) is 10.8. The Hall–Kier alpha value is -3.04. The van der Waals surface area contributed by atoms with Crippen LogP contribution in [-0.4, -0.2) is 38.7 Å². The van der Waals surface area contributed by atoms with Crippen LogP contribution in [0.3, 0.4) is 0 Å². The van der Waals surface area contributed by atoms with E-state index in [-0.39, 0.29) is 0 Å². The summed E-state index contributed by atoms with van der Waals surface area (Å²) in [7, 11) is 0. The predicted molar refractivity (Wildman–Crippen MR) is 127 cm³/mol. The van der Waals surface area contributed by atoms with Gasteiger partial charge in [-0.2, -0.15) is 0 Å². The summed E-state index contributed by atoms with van der Waals surface area (Å²) < 4.78 is 13.5. The number of nitrogens with two attached hydrogens (primary N) is 1. The van der Waals surface area contributed by atoms with Gasteiger partial charge in [0.15, 0.2) is 22.1 Å². The molecule has 0 aliphatic heterocycles. The van der Waals surface area contributed by atoms with Crippen molar-refractivity contribution in [2.45, 2.75) is 49.8 Å². The molecular weight excluding hydrogens is 424 g/mol. The fourth-order valence-corrected chi connectivity index (χ4v) is 4.49. The standard InChI is InChI=1S/C23H28N6O2S/c1-4-30-16-8-9-17(18-7-5-12-31-18)19(13-16)32-23-28-20-21(24)26-14-27-22(20)29(23)11-6-10-25-15(2)3/h5,7-9,12-15,25H,4,6,10-11H2,1-3H3,(H2,24,26,27). The molecule has 3 aromatic heterocycles. The molecule has 0 saturated heterocycles. The highest BCUT2D eigenvalue weighted by Crippen LogP contribution is 2.39. The normalized spacial score (nSPS) is 11.5. The number of nitrogens with zero attached hydrogens (tertiary/aromatic N) is 4. The molecule has 9 heteroatoms. The van der Waals surface area contributed by atoms with E-state index in [1.807, 2.05) is 37.3 Å². The van der Waals surface area contributed by atoms with Crippen LogP contribution in [0.1, 0.15) is 27.2 Å². The van der Waals surface area contributed by atoms with Crippen LogP contribution >= 0.6 is 11.8 Å². The Labute approximate surface area is 191 Å². The second-order valence-electron chi connectivity index (χ2n) is 7.61. The van der Waals surface area contributed by atoms with Crippen molar-refractivity contribution < 1.29 is 9.15 Å². The molecule has 3 heterocycles. The number of nitrogens with one attached hydrogen (secondary N) is 1. The van der Waals surface area contributed by atoms with Gasteiger partial charge in [-0.05, 0) is 50.2 Å². The van der Waals surface area contributed by atoms with Crippen LogP contribution in [-0.2, 0) is 6.54 Å². The monoisotopic (exact) mass is 452 g/mol. The minimum absolute atomic E-state index is 0.380. The molecule has 0 saturated carbocycles. The maximum atomic E-state index is 6.11. The topological polar surface area (TPSA) is 104 Å². The van der Waals surface area contributed by atoms with Crippen molar-refractivity contribution >= 4 is 28.7 Å². The highest BCUT2D eigenvalue weighted by atomic mass is 32.2. The molecule has 0 bridgehead atoms. The zero-order valence-electron chi connectivity index (χ0n) is 18.5. The van der Waals surface area contributed by atoms with Gasteiger partial charge >= 0.3 is 0 Å². The zero-order chi connectivity index (χ0) is 22.5. The number of furan rings is 1. The third-order valence-electron chi connectivity index (χ3n) is 4.89. The van der Waals surface area contributed by atoms with Gasteiger partial charge in [-0.1, -0.05) is 25.6 Å². The lowest BCUT2D eigenvalue weighted by molar-refractivity contribution is 0.339. The van der Waals surface area contributed by atoms with Crippen molar-refractivity contribution in [1.29, 1.82) is 0 Å². The average molecular weight is 453 g/mol. The summed E-state index contributed by atoms with van der Waals surface area (Å²) in [6, 6.07) is 10.3. The minimum Gasteiger partial charge on any atom is -0.494 e. The fraction of sp³-hybridized carbons (Fsp3) is 0.348. The smallest absolute Gasteiger partial charge is 0.175 e. The van der Waals surface area contributed by atoms with E-state index in [4.69, 9.17) is 19.9 Å². The summed E-state index contributed by atoms with van der Waals surface area (Å²) in [6.07, 6.45) is 4.10. The van der Waals surface area contributed by atoms with E-state index in [9.17, 15) is 0 Å². The number of aromatic nitrogens is 4. The van der Waals surface area contributed by atoms with Gasteiger partial charge in [0.25, 0.3) is 0 Å². The Kier molecular flexibility index (Phi) is 6.96. The Bertz CT molecular complexity index is 1170. The number of benzene rings is 1. The summed E-state index contributed by atoms with van der Waals surface area (Å²) in [5.74, 6) is 1.97. The Morgan fingerprint density at radius 2 is 2.12 bits per heavy atom. The van der Waals surface area contributed by atoms with Crippen molar-refractivity contribution in [2.75, 3.05) is 18.9 Å². The molecule has 4 aromatic rings. The van der Waals surface area contributed by atoms with Crippen LogP contribution < -0.4 is 15.8 Å². The molecular formula is C23H28N6O2S. The third-order valence-corrected chi connectivity index (χ3v) is 5.94. The number of fused-ring (bicyclic) bond motifs is 1. The van der Waals surface area contributed by atoms with E-state index in [2.05, 4.69) is 33.7 Å². The molecule has 0 spiro atoms. The van der Waals surface area contributed by atoms with Crippen LogP contribution in [0.4, 0.5) is 5.82 Å². The lowest BCUT2D eigenvalue weighted by Crippen LogP contribution is -2.24. The van der Waals surface area contributed by atoms with Crippen molar-refractivity contribution in [2.24, 2.45) is 0 Å². The van der Waals surface area contributed by atoms with Gasteiger partial charge in [-0.25, -0.2) is 15.0 Å². The van der Waals surface area contributed by atoms with E-state index in [1.54, 1.807) is 18.0 Å². The van der Waals surface area contributed by atoms with E-state index >= 15 is 0 Å². The first-order chi connectivity index (χ1) is 15.6. The fourth-order valence-electron chi connectivity index (χ4n) is 3.42. The lowest BCUT2D eigenvalue weighted by atomic mass is 10.1. The van der Waals surface area contributed by atoms with E-state index < -0.39 is 0 Å². The van der Waals surface area contributed by atoms with Crippen LogP contribution in [0, 0.1) is 0 Å². The maximum Gasteiger partial charge on any atom is 0.175 e. The van der Waals surface area contributed by atoms with Gasteiger partial charge in [0, 0.05) is 23.0 Å². The molecule has 0 aliphatic rings. The minimum atomic E-state index is 0.380. The van der Waals surface area contributed by atoms with Gasteiger partial charge in [0.2, 0.25) is 0 Å². The number of hydrogen-bond donors (Lipinski definition) is 2. The molecule has 0 atom stereocenters. The van der Waals surface area contributed by atoms with Gasteiger partial charge < -0.3 is 24.8 Å². The Balaban J connectivity index is 1.72. The second-order valence-corrected chi connectivity index (χ2v) is 8.62. The van der Waals surface area contributed by atoms with Crippen molar-refractivity contribution in [3.63, 3.8) is 0 Å². The molecule has 0 radical (unpaired) electrons. The van der Waals surface area contributed by atoms with Gasteiger partial charge in [0.05, 0.1) is 12.9 Å². The molecule has 0 unspecified atom stereocenters. The quantitative estimate of drug-likeness (QED) is 0.336. The Morgan fingerprint density at radius 1 is 1.25 bits per heavy atom. The number of hydrogen-bond acceptors (Lipinski definition) is 8. The van der Waals surface area contributed by atoms with Crippen molar-refractivity contribution in [3.8, 4) is 17.1 Å².